The number of nitrogens with zero attached hydrogens (tertiary/aromatic N) is 2. The summed E-state index contributed by atoms with van der Waals surface area (Å²) in [5.74, 6) is 1.42. The molecule has 1 aromatic rings. The smallest absolute Gasteiger partial charge is 0.144 e. The minimum absolute atomic E-state index is 0.442. The van der Waals surface area contributed by atoms with Crippen LogP contribution in [0.5, 0.6) is 0 Å². The van der Waals surface area contributed by atoms with Crippen LogP contribution in [0.25, 0.3) is 0 Å². The van der Waals surface area contributed by atoms with Gasteiger partial charge in [0.1, 0.15) is 5.82 Å². The Morgan fingerprint density at radius 2 is 2.15 bits per heavy atom. The fourth-order valence-electron chi connectivity index (χ4n) is 0.860. The largest absolute Gasteiger partial charge is 0.369 e. The SMILES string of the molecule is CC(C)CNc1cnc(CN)cn1. The Bertz CT molecular complexity index is 242. The maximum absolute atomic E-state index is 5.40. The highest BCUT2D eigenvalue weighted by Gasteiger charge is 1.96. The van der Waals surface area contributed by atoms with E-state index >= 15 is 0 Å². The van der Waals surface area contributed by atoms with Crippen molar-refractivity contribution in [1.29, 1.82) is 0 Å². The Morgan fingerprint density at radius 3 is 2.62 bits per heavy atom. The van der Waals surface area contributed by atoms with Crippen LogP contribution >= 0.6 is 0 Å². The molecule has 0 aliphatic rings. The van der Waals surface area contributed by atoms with E-state index < -0.39 is 0 Å². The molecule has 1 rings (SSSR count). The van der Waals surface area contributed by atoms with Gasteiger partial charge in [-0.05, 0) is 5.92 Å². The van der Waals surface area contributed by atoms with Crippen molar-refractivity contribution in [3.63, 3.8) is 0 Å². The number of nitrogens with one attached hydrogen (secondary N) is 1. The van der Waals surface area contributed by atoms with Gasteiger partial charge in [0.15, 0.2) is 0 Å². The fraction of sp³-hybridized carbons (Fsp3) is 0.556. The second kappa shape index (κ2) is 4.77. The second-order valence-electron chi connectivity index (χ2n) is 3.37. The number of hydrogen-bond donors (Lipinski definition) is 2. The molecule has 0 saturated heterocycles. The van der Waals surface area contributed by atoms with Crippen LogP contribution in [0.4, 0.5) is 5.82 Å². The van der Waals surface area contributed by atoms with Crippen LogP contribution in [0.15, 0.2) is 12.4 Å². The van der Waals surface area contributed by atoms with Gasteiger partial charge in [-0.1, -0.05) is 13.8 Å². The first kappa shape index (κ1) is 9.92. The van der Waals surface area contributed by atoms with Crippen LogP contribution in [0.2, 0.25) is 0 Å². The molecule has 1 aromatic heterocycles. The first-order chi connectivity index (χ1) is 6.22. The van der Waals surface area contributed by atoms with E-state index in [4.69, 9.17) is 5.73 Å². The average molecular weight is 180 g/mol. The van der Waals surface area contributed by atoms with E-state index in [0.29, 0.717) is 12.5 Å². The Labute approximate surface area is 78.6 Å². The fourth-order valence-corrected chi connectivity index (χ4v) is 0.860. The molecule has 0 atom stereocenters. The summed E-state index contributed by atoms with van der Waals surface area (Å²) in [6.45, 7) is 5.65. The predicted molar refractivity (Wildman–Crippen MR) is 53.3 cm³/mol. The summed E-state index contributed by atoms with van der Waals surface area (Å²) in [6.07, 6.45) is 3.41. The van der Waals surface area contributed by atoms with Gasteiger partial charge >= 0.3 is 0 Å². The van der Waals surface area contributed by atoms with Gasteiger partial charge in [-0.25, -0.2) is 4.98 Å². The summed E-state index contributed by atoms with van der Waals surface area (Å²) >= 11 is 0. The van der Waals surface area contributed by atoms with Crippen LogP contribution in [0.1, 0.15) is 19.5 Å². The van der Waals surface area contributed by atoms with Crippen molar-refractivity contribution in [1.82, 2.24) is 9.97 Å². The van der Waals surface area contributed by atoms with Crippen molar-refractivity contribution in [2.45, 2.75) is 20.4 Å². The molecule has 0 aromatic carbocycles. The average Bonchev–Trinajstić information content (AvgIpc) is 2.15. The lowest BCUT2D eigenvalue weighted by atomic mass is 10.2. The first-order valence-corrected chi connectivity index (χ1v) is 4.47. The third kappa shape index (κ3) is 3.38. The summed E-state index contributed by atoms with van der Waals surface area (Å²) in [4.78, 5) is 8.29. The Kier molecular flexibility index (Phi) is 3.64. The van der Waals surface area contributed by atoms with E-state index in [-0.39, 0.29) is 0 Å². The summed E-state index contributed by atoms with van der Waals surface area (Å²) in [6, 6.07) is 0. The number of nitrogens with two attached hydrogens (primary N) is 1. The third-order valence-electron chi connectivity index (χ3n) is 1.61. The Morgan fingerprint density at radius 1 is 1.38 bits per heavy atom. The molecule has 13 heavy (non-hydrogen) atoms. The molecular weight excluding hydrogens is 164 g/mol. The number of anilines is 1. The standard InChI is InChI=1S/C9H16N4/c1-7(2)4-12-9-6-11-8(3-10)5-13-9/h5-7H,3-4,10H2,1-2H3,(H,12,13). The lowest BCUT2D eigenvalue weighted by molar-refractivity contribution is 0.686. The zero-order valence-corrected chi connectivity index (χ0v) is 8.12. The van der Waals surface area contributed by atoms with Gasteiger partial charge in [-0.3, -0.25) is 4.98 Å². The minimum Gasteiger partial charge on any atom is -0.369 e. The van der Waals surface area contributed by atoms with Gasteiger partial charge in [0.2, 0.25) is 0 Å². The monoisotopic (exact) mass is 180 g/mol. The quantitative estimate of drug-likeness (QED) is 0.725. The zero-order chi connectivity index (χ0) is 9.68. The maximum atomic E-state index is 5.40. The molecule has 0 aliphatic heterocycles. The van der Waals surface area contributed by atoms with E-state index in [1.807, 2.05) is 0 Å². The van der Waals surface area contributed by atoms with E-state index in [1.54, 1.807) is 12.4 Å². The third-order valence-corrected chi connectivity index (χ3v) is 1.61. The second-order valence-corrected chi connectivity index (χ2v) is 3.37. The van der Waals surface area contributed by atoms with Crippen molar-refractivity contribution in [3.05, 3.63) is 18.1 Å². The van der Waals surface area contributed by atoms with Gasteiger partial charge in [-0.2, -0.15) is 0 Å². The van der Waals surface area contributed by atoms with Crippen LogP contribution < -0.4 is 11.1 Å². The van der Waals surface area contributed by atoms with E-state index in [9.17, 15) is 0 Å². The normalized spacial score (nSPS) is 10.5. The molecule has 3 N–H and O–H groups in total. The van der Waals surface area contributed by atoms with E-state index in [2.05, 4.69) is 29.1 Å². The highest BCUT2D eigenvalue weighted by atomic mass is 15.0. The summed E-state index contributed by atoms with van der Waals surface area (Å²) in [5, 5.41) is 3.18. The van der Waals surface area contributed by atoms with Crippen molar-refractivity contribution < 1.29 is 0 Å². The van der Waals surface area contributed by atoms with Crippen molar-refractivity contribution >= 4 is 5.82 Å². The lowest BCUT2D eigenvalue weighted by Crippen LogP contribution is -2.10. The molecule has 0 saturated carbocycles. The molecule has 1 heterocycles. The van der Waals surface area contributed by atoms with Gasteiger partial charge < -0.3 is 11.1 Å². The Hall–Kier alpha value is -1.16. The van der Waals surface area contributed by atoms with Crippen molar-refractivity contribution in [2.24, 2.45) is 11.7 Å². The van der Waals surface area contributed by atoms with Gasteiger partial charge in [0.05, 0.1) is 18.1 Å². The zero-order valence-electron chi connectivity index (χ0n) is 8.12. The number of rotatable bonds is 4. The van der Waals surface area contributed by atoms with Gasteiger partial charge in [0.25, 0.3) is 0 Å². The summed E-state index contributed by atoms with van der Waals surface area (Å²) in [5.41, 5.74) is 6.21. The van der Waals surface area contributed by atoms with Gasteiger partial charge in [-0.15, -0.1) is 0 Å². The molecule has 0 aliphatic carbocycles. The topological polar surface area (TPSA) is 63.8 Å². The molecule has 4 nitrogen and oxygen atoms in total. The molecule has 0 unspecified atom stereocenters. The summed E-state index contributed by atoms with van der Waals surface area (Å²) in [7, 11) is 0. The molecule has 0 amide bonds. The molecule has 72 valence electrons. The van der Waals surface area contributed by atoms with Gasteiger partial charge in [0, 0.05) is 13.1 Å². The molecule has 4 heteroatoms. The van der Waals surface area contributed by atoms with Crippen LogP contribution in [-0.2, 0) is 6.54 Å². The van der Waals surface area contributed by atoms with Crippen LogP contribution in [0, 0.1) is 5.92 Å². The summed E-state index contributed by atoms with van der Waals surface area (Å²) < 4.78 is 0. The first-order valence-electron chi connectivity index (χ1n) is 4.47. The molecule has 0 spiro atoms. The lowest BCUT2D eigenvalue weighted by Gasteiger charge is -2.07. The van der Waals surface area contributed by atoms with E-state index in [1.165, 1.54) is 0 Å². The highest BCUT2D eigenvalue weighted by Crippen LogP contribution is 2.01. The molecule has 0 fully saturated rings. The number of hydrogen-bond acceptors (Lipinski definition) is 4. The van der Waals surface area contributed by atoms with Crippen molar-refractivity contribution in [3.8, 4) is 0 Å². The highest BCUT2D eigenvalue weighted by molar-refractivity contribution is 5.30. The molecule has 0 radical (unpaired) electrons. The predicted octanol–water partition coefficient (Wildman–Crippen LogP) is 1.00. The number of aromatic nitrogens is 2. The minimum atomic E-state index is 0.442. The van der Waals surface area contributed by atoms with E-state index in [0.717, 1.165) is 18.1 Å². The molecular formula is C9H16N4. The molecule has 0 bridgehead atoms. The van der Waals surface area contributed by atoms with Crippen LogP contribution in [-0.4, -0.2) is 16.5 Å². The maximum Gasteiger partial charge on any atom is 0.144 e. The van der Waals surface area contributed by atoms with Crippen LogP contribution in [0.3, 0.4) is 0 Å². The Balaban J connectivity index is 2.49. The van der Waals surface area contributed by atoms with Crippen molar-refractivity contribution in [2.75, 3.05) is 11.9 Å².